The van der Waals surface area contributed by atoms with Crippen LogP contribution in [0, 0.1) is 0 Å². The maximum atomic E-state index is 13.2. The molecule has 3 heterocycles. The number of hydrogen-bond donors (Lipinski definition) is 2. The highest BCUT2D eigenvalue weighted by atomic mass is 16.3. The summed E-state index contributed by atoms with van der Waals surface area (Å²) in [5, 5.41) is 10.9. The van der Waals surface area contributed by atoms with E-state index in [0.29, 0.717) is 30.0 Å². The molecular formula is C29H28N4O3. The first kappa shape index (κ1) is 22.6. The van der Waals surface area contributed by atoms with Gasteiger partial charge in [0.05, 0.1) is 34.6 Å². The number of allylic oxidation sites excluding steroid dienone is 4. The molecule has 1 aromatic carbocycles. The van der Waals surface area contributed by atoms with Crippen molar-refractivity contribution in [2.75, 3.05) is 6.54 Å². The van der Waals surface area contributed by atoms with Crippen LogP contribution in [-0.4, -0.2) is 37.4 Å². The number of hydrogen-bond acceptors (Lipinski definition) is 5. The Bertz CT molecular complexity index is 1440. The van der Waals surface area contributed by atoms with Crippen LogP contribution in [0.3, 0.4) is 0 Å². The van der Waals surface area contributed by atoms with Crippen LogP contribution in [0.15, 0.2) is 71.6 Å². The molecule has 7 heteroatoms. The Morgan fingerprint density at radius 2 is 1.89 bits per heavy atom. The minimum absolute atomic E-state index is 0.127. The summed E-state index contributed by atoms with van der Waals surface area (Å²) in [4.78, 5) is 40.3. The topological polar surface area (TPSA) is 99.2 Å². The van der Waals surface area contributed by atoms with Gasteiger partial charge in [0.15, 0.2) is 6.10 Å². The van der Waals surface area contributed by atoms with Gasteiger partial charge in [-0.25, -0.2) is 9.97 Å². The summed E-state index contributed by atoms with van der Waals surface area (Å²) in [5.41, 5.74) is 4.15. The number of benzene rings is 1. The van der Waals surface area contributed by atoms with Gasteiger partial charge in [-0.15, -0.1) is 0 Å². The lowest BCUT2D eigenvalue weighted by atomic mass is 9.94. The van der Waals surface area contributed by atoms with Gasteiger partial charge in [-0.05, 0) is 49.0 Å². The van der Waals surface area contributed by atoms with E-state index >= 15 is 0 Å². The number of pyridine rings is 1. The van der Waals surface area contributed by atoms with Crippen LogP contribution in [-0.2, 0) is 23.2 Å². The van der Waals surface area contributed by atoms with Gasteiger partial charge in [0.1, 0.15) is 5.82 Å². The van der Waals surface area contributed by atoms with E-state index in [1.165, 1.54) is 10.5 Å². The number of carbonyl (C=O) groups excluding carboxylic acids is 1. The molecule has 1 aliphatic heterocycles. The summed E-state index contributed by atoms with van der Waals surface area (Å²) in [6, 6.07) is 15.5. The van der Waals surface area contributed by atoms with E-state index in [1.807, 2.05) is 42.5 Å². The molecule has 0 radical (unpaired) electrons. The molecule has 2 aliphatic carbocycles. The van der Waals surface area contributed by atoms with Gasteiger partial charge >= 0.3 is 0 Å². The number of rotatable bonds is 5. The number of nitrogens with zero attached hydrogens (tertiary/aromatic N) is 3. The summed E-state index contributed by atoms with van der Waals surface area (Å²) < 4.78 is 0. The number of amides is 1. The molecule has 2 aromatic heterocycles. The van der Waals surface area contributed by atoms with Gasteiger partial charge in [0, 0.05) is 13.0 Å². The number of aliphatic hydroxyl groups is 1. The highest BCUT2D eigenvalue weighted by molar-refractivity contribution is 5.82. The van der Waals surface area contributed by atoms with E-state index in [1.54, 1.807) is 6.07 Å². The van der Waals surface area contributed by atoms with Crippen LogP contribution in [0.2, 0.25) is 0 Å². The molecule has 7 nitrogen and oxygen atoms in total. The van der Waals surface area contributed by atoms with Gasteiger partial charge in [-0.2, -0.15) is 0 Å². The third-order valence-corrected chi connectivity index (χ3v) is 7.54. The van der Waals surface area contributed by atoms with Crippen molar-refractivity contribution in [3.05, 3.63) is 111 Å². The highest BCUT2D eigenvalue weighted by Crippen LogP contribution is 2.51. The Kier molecular flexibility index (Phi) is 5.64. The van der Waals surface area contributed by atoms with Crippen LogP contribution in [0.25, 0.3) is 5.57 Å². The molecule has 182 valence electrons. The zero-order valence-corrected chi connectivity index (χ0v) is 20.0. The maximum Gasteiger partial charge on any atom is 0.257 e. The van der Waals surface area contributed by atoms with E-state index in [-0.39, 0.29) is 17.5 Å². The number of carbonyl (C=O) groups is 1. The van der Waals surface area contributed by atoms with Gasteiger partial charge in [-0.3, -0.25) is 9.59 Å². The van der Waals surface area contributed by atoms with Gasteiger partial charge in [0.2, 0.25) is 0 Å². The largest absolute Gasteiger partial charge is 0.377 e. The summed E-state index contributed by atoms with van der Waals surface area (Å²) >= 11 is 0. The number of nitrogens with one attached hydrogen (secondary N) is 1. The van der Waals surface area contributed by atoms with Crippen molar-refractivity contribution in [1.82, 2.24) is 19.9 Å². The summed E-state index contributed by atoms with van der Waals surface area (Å²) in [6.07, 6.45) is 8.94. The van der Waals surface area contributed by atoms with Gasteiger partial charge in [-0.1, -0.05) is 54.6 Å². The minimum Gasteiger partial charge on any atom is -0.377 e. The smallest absolute Gasteiger partial charge is 0.257 e. The quantitative estimate of drug-likeness (QED) is 0.581. The van der Waals surface area contributed by atoms with Crippen molar-refractivity contribution in [3.8, 4) is 0 Å². The zero-order chi connectivity index (χ0) is 24.7. The van der Waals surface area contributed by atoms with Crippen molar-refractivity contribution in [2.45, 2.75) is 50.2 Å². The predicted octanol–water partition coefficient (Wildman–Crippen LogP) is 3.60. The molecule has 36 heavy (non-hydrogen) atoms. The van der Waals surface area contributed by atoms with E-state index in [4.69, 9.17) is 4.98 Å². The van der Waals surface area contributed by atoms with E-state index in [0.717, 1.165) is 42.6 Å². The lowest BCUT2D eigenvalue weighted by Crippen LogP contribution is -2.42. The van der Waals surface area contributed by atoms with Crippen molar-refractivity contribution < 1.29 is 9.90 Å². The molecule has 1 unspecified atom stereocenters. The molecule has 0 saturated heterocycles. The molecule has 3 aliphatic rings. The average molecular weight is 481 g/mol. The SMILES string of the molecule is O=C(C(O)c1cccc(C2=CC=CCC2)n1)N1CCc2nc(C3(c4ccccc4)CC3)[nH]c(=O)c2C1. The third-order valence-electron chi connectivity index (χ3n) is 7.54. The third kappa shape index (κ3) is 3.99. The van der Waals surface area contributed by atoms with Crippen molar-refractivity contribution >= 4 is 11.5 Å². The molecule has 1 saturated carbocycles. The first-order chi connectivity index (χ1) is 17.5. The molecule has 1 fully saturated rings. The number of H-pyrrole nitrogens is 1. The lowest BCUT2D eigenvalue weighted by molar-refractivity contribution is -0.141. The molecule has 1 atom stereocenters. The molecule has 2 N–H and O–H groups in total. The average Bonchev–Trinajstić information content (AvgIpc) is 3.75. The second-order valence-corrected chi connectivity index (χ2v) is 9.81. The monoisotopic (exact) mass is 480 g/mol. The molecule has 0 spiro atoms. The Hall–Kier alpha value is -3.84. The Morgan fingerprint density at radius 3 is 2.64 bits per heavy atom. The fourth-order valence-corrected chi connectivity index (χ4v) is 5.28. The molecule has 0 bridgehead atoms. The predicted molar refractivity (Wildman–Crippen MR) is 136 cm³/mol. The first-order valence-electron chi connectivity index (χ1n) is 12.5. The number of aromatic nitrogens is 3. The number of fused-ring (bicyclic) bond motifs is 1. The number of aromatic amines is 1. The second-order valence-electron chi connectivity index (χ2n) is 9.81. The zero-order valence-electron chi connectivity index (χ0n) is 20.0. The van der Waals surface area contributed by atoms with E-state index in [9.17, 15) is 14.7 Å². The maximum absolute atomic E-state index is 13.2. The van der Waals surface area contributed by atoms with E-state index in [2.05, 4.69) is 28.2 Å². The summed E-state index contributed by atoms with van der Waals surface area (Å²) in [5.74, 6) is 0.263. The second kappa shape index (κ2) is 8.99. The number of aliphatic hydroxyl groups excluding tert-OH is 1. The molecule has 1 amide bonds. The van der Waals surface area contributed by atoms with Crippen LogP contribution in [0.5, 0.6) is 0 Å². The Labute approximate surface area is 209 Å². The van der Waals surface area contributed by atoms with Gasteiger partial charge in [0.25, 0.3) is 11.5 Å². The highest BCUT2D eigenvalue weighted by Gasteiger charge is 2.48. The normalized spacial score (nSPS) is 18.8. The van der Waals surface area contributed by atoms with Crippen LogP contribution < -0.4 is 5.56 Å². The van der Waals surface area contributed by atoms with Crippen molar-refractivity contribution in [1.29, 1.82) is 0 Å². The van der Waals surface area contributed by atoms with Crippen LogP contribution in [0.1, 0.15) is 65.8 Å². The lowest BCUT2D eigenvalue weighted by Gasteiger charge is -2.30. The minimum atomic E-state index is -1.38. The molecule has 6 rings (SSSR count). The fraction of sp³-hybridized carbons (Fsp3) is 0.310. The first-order valence-corrected chi connectivity index (χ1v) is 12.5. The molecular weight excluding hydrogens is 452 g/mol. The van der Waals surface area contributed by atoms with Gasteiger partial charge < -0.3 is 15.0 Å². The fourth-order valence-electron chi connectivity index (χ4n) is 5.28. The Morgan fingerprint density at radius 1 is 1.06 bits per heavy atom. The molecule has 3 aromatic rings. The standard InChI is InChI=1S/C29H28N4O3/c34-25(24-13-7-12-22(30-24)19-8-3-1-4-9-19)27(36)33-17-14-23-21(18-33)26(35)32-28(31-23)29(15-16-29)20-10-5-2-6-11-20/h1-3,5-8,10-13,25,34H,4,9,14-18H2,(H,31,32,35). The van der Waals surface area contributed by atoms with Crippen molar-refractivity contribution in [3.63, 3.8) is 0 Å². The summed E-state index contributed by atoms with van der Waals surface area (Å²) in [6.45, 7) is 0.522. The van der Waals surface area contributed by atoms with Crippen molar-refractivity contribution in [2.24, 2.45) is 0 Å². The summed E-state index contributed by atoms with van der Waals surface area (Å²) in [7, 11) is 0. The Balaban J connectivity index is 1.22. The van der Waals surface area contributed by atoms with Crippen LogP contribution >= 0.6 is 0 Å². The van der Waals surface area contributed by atoms with E-state index < -0.39 is 12.0 Å². The van der Waals surface area contributed by atoms with Crippen LogP contribution in [0.4, 0.5) is 0 Å².